The van der Waals surface area contributed by atoms with Crippen molar-refractivity contribution in [2.75, 3.05) is 5.32 Å². The van der Waals surface area contributed by atoms with E-state index in [9.17, 15) is 0 Å². The lowest BCUT2D eigenvalue weighted by molar-refractivity contribution is 0.282. The molecule has 2 N–H and O–H groups in total. The highest BCUT2D eigenvalue weighted by molar-refractivity contribution is 5.47. The summed E-state index contributed by atoms with van der Waals surface area (Å²) in [6.07, 6.45) is 0.764. The van der Waals surface area contributed by atoms with Crippen LogP contribution in [-0.2, 0) is 6.61 Å². The minimum absolute atomic E-state index is 0.0267. The van der Waals surface area contributed by atoms with E-state index in [1.54, 1.807) is 0 Å². The summed E-state index contributed by atoms with van der Waals surface area (Å²) in [4.78, 5) is 0. The Kier molecular flexibility index (Phi) is 3.96. The van der Waals surface area contributed by atoms with E-state index in [0.29, 0.717) is 0 Å². The molecule has 0 bridgehead atoms. The molecule has 1 atom stereocenters. The van der Waals surface area contributed by atoms with Crippen LogP contribution in [0, 0.1) is 11.3 Å². The Balaban J connectivity index is 2.71. The average Bonchev–Trinajstić information content (AvgIpc) is 2.26. The van der Waals surface area contributed by atoms with Gasteiger partial charge in [-0.1, -0.05) is 19.1 Å². The third-order valence-corrected chi connectivity index (χ3v) is 2.01. The van der Waals surface area contributed by atoms with Crippen molar-refractivity contribution in [3.05, 3.63) is 29.8 Å². The SMILES string of the molecule is CCC(C#N)Nc1cccc(CO)c1. The molecule has 0 aliphatic heterocycles. The zero-order valence-electron chi connectivity index (χ0n) is 8.20. The van der Waals surface area contributed by atoms with E-state index in [2.05, 4.69) is 11.4 Å². The number of nitrogens with zero attached hydrogens (tertiary/aromatic N) is 1. The molecule has 74 valence electrons. The zero-order chi connectivity index (χ0) is 10.4. The van der Waals surface area contributed by atoms with Crippen molar-refractivity contribution >= 4 is 5.69 Å². The van der Waals surface area contributed by atoms with Crippen molar-refractivity contribution in [1.82, 2.24) is 0 Å². The number of aliphatic hydroxyl groups is 1. The largest absolute Gasteiger partial charge is 0.392 e. The Morgan fingerprint density at radius 1 is 1.57 bits per heavy atom. The first kappa shape index (κ1) is 10.6. The summed E-state index contributed by atoms with van der Waals surface area (Å²) in [6.45, 7) is 1.98. The van der Waals surface area contributed by atoms with Gasteiger partial charge in [-0.25, -0.2) is 0 Å². The maximum Gasteiger partial charge on any atom is 0.114 e. The number of hydrogen-bond donors (Lipinski definition) is 2. The second-order valence-electron chi connectivity index (χ2n) is 3.09. The van der Waals surface area contributed by atoms with Crippen LogP contribution in [0.1, 0.15) is 18.9 Å². The molecule has 1 rings (SSSR count). The van der Waals surface area contributed by atoms with E-state index in [-0.39, 0.29) is 12.6 Å². The van der Waals surface area contributed by atoms with Gasteiger partial charge in [-0.15, -0.1) is 0 Å². The highest BCUT2D eigenvalue weighted by atomic mass is 16.3. The summed E-state index contributed by atoms with van der Waals surface area (Å²) < 4.78 is 0. The van der Waals surface area contributed by atoms with E-state index in [1.165, 1.54) is 0 Å². The Hall–Kier alpha value is -1.53. The van der Waals surface area contributed by atoms with Gasteiger partial charge < -0.3 is 10.4 Å². The minimum Gasteiger partial charge on any atom is -0.392 e. The number of nitrogens with one attached hydrogen (secondary N) is 1. The minimum atomic E-state index is -0.163. The summed E-state index contributed by atoms with van der Waals surface area (Å²) in [5.74, 6) is 0. The smallest absolute Gasteiger partial charge is 0.114 e. The summed E-state index contributed by atoms with van der Waals surface area (Å²) in [5.41, 5.74) is 1.73. The Labute approximate surface area is 84.0 Å². The van der Waals surface area contributed by atoms with Crippen LogP contribution >= 0.6 is 0 Å². The molecule has 0 fully saturated rings. The van der Waals surface area contributed by atoms with Crippen LogP contribution < -0.4 is 5.32 Å². The number of rotatable bonds is 4. The second kappa shape index (κ2) is 5.25. The molecule has 14 heavy (non-hydrogen) atoms. The Bertz CT molecular complexity index is 330. The summed E-state index contributed by atoms with van der Waals surface area (Å²) >= 11 is 0. The van der Waals surface area contributed by atoms with E-state index >= 15 is 0 Å². The predicted molar refractivity (Wildman–Crippen MR) is 55.7 cm³/mol. The van der Waals surface area contributed by atoms with Gasteiger partial charge in [0.1, 0.15) is 6.04 Å². The topological polar surface area (TPSA) is 56.0 Å². The lowest BCUT2D eigenvalue weighted by Gasteiger charge is -2.11. The normalized spacial score (nSPS) is 11.8. The molecule has 1 aromatic carbocycles. The molecule has 0 aliphatic carbocycles. The quantitative estimate of drug-likeness (QED) is 0.762. The molecular weight excluding hydrogens is 176 g/mol. The van der Waals surface area contributed by atoms with Gasteiger partial charge >= 0.3 is 0 Å². The zero-order valence-corrected chi connectivity index (χ0v) is 8.20. The van der Waals surface area contributed by atoms with Crippen LogP contribution in [0.15, 0.2) is 24.3 Å². The third kappa shape index (κ3) is 2.75. The monoisotopic (exact) mass is 190 g/mol. The summed E-state index contributed by atoms with van der Waals surface area (Å²) in [6, 6.07) is 9.44. The first-order valence-electron chi connectivity index (χ1n) is 4.66. The molecular formula is C11H14N2O. The molecule has 0 radical (unpaired) electrons. The lowest BCUT2D eigenvalue weighted by atomic mass is 10.2. The molecule has 0 aromatic heterocycles. The molecule has 1 unspecified atom stereocenters. The van der Waals surface area contributed by atoms with Crippen LogP contribution in [0.2, 0.25) is 0 Å². The second-order valence-corrected chi connectivity index (χ2v) is 3.09. The van der Waals surface area contributed by atoms with Crippen LogP contribution in [0.25, 0.3) is 0 Å². The van der Waals surface area contributed by atoms with E-state index in [4.69, 9.17) is 10.4 Å². The van der Waals surface area contributed by atoms with Gasteiger partial charge in [-0.05, 0) is 24.1 Å². The van der Waals surface area contributed by atoms with Gasteiger partial charge in [0, 0.05) is 5.69 Å². The number of benzene rings is 1. The van der Waals surface area contributed by atoms with Crippen molar-refractivity contribution in [3.8, 4) is 6.07 Å². The Morgan fingerprint density at radius 3 is 2.93 bits per heavy atom. The molecule has 3 nitrogen and oxygen atoms in total. The van der Waals surface area contributed by atoms with Gasteiger partial charge in [-0.2, -0.15) is 5.26 Å². The maximum atomic E-state index is 8.92. The van der Waals surface area contributed by atoms with Crippen molar-refractivity contribution in [2.45, 2.75) is 26.0 Å². The summed E-state index contributed by atoms with van der Waals surface area (Å²) in [7, 11) is 0. The third-order valence-electron chi connectivity index (χ3n) is 2.01. The fourth-order valence-corrected chi connectivity index (χ4v) is 1.19. The molecule has 1 aromatic rings. The molecule has 3 heteroatoms. The first-order chi connectivity index (χ1) is 6.80. The molecule has 0 spiro atoms. The van der Waals surface area contributed by atoms with E-state index < -0.39 is 0 Å². The lowest BCUT2D eigenvalue weighted by Crippen LogP contribution is -2.15. The fourth-order valence-electron chi connectivity index (χ4n) is 1.19. The van der Waals surface area contributed by atoms with Crippen molar-refractivity contribution in [3.63, 3.8) is 0 Å². The van der Waals surface area contributed by atoms with Gasteiger partial charge in [0.2, 0.25) is 0 Å². The highest BCUT2D eigenvalue weighted by Gasteiger charge is 2.03. The molecule has 0 saturated carbocycles. The van der Waals surface area contributed by atoms with Crippen LogP contribution in [0.5, 0.6) is 0 Å². The van der Waals surface area contributed by atoms with Crippen molar-refractivity contribution in [2.24, 2.45) is 0 Å². The average molecular weight is 190 g/mol. The number of hydrogen-bond acceptors (Lipinski definition) is 3. The Morgan fingerprint density at radius 2 is 2.36 bits per heavy atom. The first-order valence-corrected chi connectivity index (χ1v) is 4.66. The van der Waals surface area contributed by atoms with E-state index in [1.807, 2.05) is 31.2 Å². The fraction of sp³-hybridized carbons (Fsp3) is 0.364. The van der Waals surface area contributed by atoms with Crippen molar-refractivity contribution < 1.29 is 5.11 Å². The van der Waals surface area contributed by atoms with Gasteiger partial charge in [0.25, 0.3) is 0 Å². The number of anilines is 1. The number of nitriles is 1. The molecule has 0 heterocycles. The van der Waals surface area contributed by atoms with Gasteiger partial charge in [0.15, 0.2) is 0 Å². The van der Waals surface area contributed by atoms with Crippen LogP contribution in [0.4, 0.5) is 5.69 Å². The van der Waals surface area contributed by atoms with Crippen LogP contribution in [0.3, 0.4) is 0 Å². The molecule has 0 amide bonds. The summed E-state index contributed by atoms with van der Waals surface area (Å²) in [5, 5.41) is 20.8. The highest BCUT2D eigenvalue weighted by Crippen LogP contribution is 2.12. The van der Waals surface area contributed by atoms with Crippen LogP contribution in [-0.4, -0.2) is 11.1 Å². The van der Waals surface area contributed by atoms with E-state index in [0.717, 1.165) is 17.7 Å². The molecule has 0 aliphatic rings. The van der Waals surface area contributed by atoms with Crippen molar-refractivity contribution in [1.29, 1.82) is 5.26 Å². The van der Waals surface area contributed by atoms with Gasteiger partial charge in [0.05, 0.1) is 12.7 Å². The molecule has 0 saturated heterocycles. The van der Waals surface area contributed by atoms with Gasteiger partial charge in [-0.3, -0.25) is 0 Å². The standard InChI is InChI=1S/C11H14N2O/c1-2-10(7-12)13-11-5-3-4-9(6-11)8-14/h3-6,10,13-14H,2,8H2,1H3. The number of aliphatic hydroxyl groups excluding tert-OH is 1. The predicted octanol–water partition coefficient (Wildman–Crippen LogP) is 1.89. The maximum absolute atomic E-state index is 8.92.